The number of ether oxygens (including phenoxy) is 1. The zero-order valence-electron chi connectivity index (χ0n) is 9.30. The van der Waals surface area contributed by atoms with Gasteiger partial charge in [0.05, 0.1) is 17.3 Å². The van der Waals surface area contributed by atoms with Crippen LogP contribution in [0.4, 0.5) is 5.69 Å². The molecule has 1 amide bonds. The van der Waals surface area contributed by atoms with Gasteiger partial charge in [0.2, 0.25) is 11.6 Å². The maximum absolute atomic E-state index is 12.4. The van der Waals surface area contributed by atoms with Crippen LogP contribution < -0.4 is 9.64 Å². The molecule has 5 nitrogen and oxygen atoms in total. The van der Waals surface area contributed by atoms with E-state index in [2.05, 4.69) is 20.9 Å². The molecular weight excluding hydrogens is 300 g/mol. The lowest BCUT2D eigenvalue weighted by Gasteiger charge is -2.27. The molecule has 1 aliphatic rings. The molecule has 2 aromatic heterocycles. The third kappa shape index (κ3) is 1.78. The first-order valence-corrected chi connectivity index (χ1v) is 6.19. The van der Waals surface area contributed by atoms with Gasteiger partial charge in [0.1, 0.15) is 12.3 Å². The van der Waals surface area contributed by atoms with Crippen molar-refractivity contribution in [3.8, 4) is 5.88 Å². The van der Waals surface area contributed by atoms with E-state index < -0.39 is 0 Å². The second kappa shape index (κ2) is 4.45. The van der Waals surface area contributed by atoms with E-state index in [1.54, 1.807) is 29.3 Å². The van der Waals surface area contributed by atoms with Crippen LogP contribution >= 0.6 is 15.9 Å². The molecule has 6 heteroatoms. The summed E-state index contributed by atoms with van der Waals surface area (Å²) in [4.78, 5) is 18.1. The number of halogens is 1. The van der Waals surface area contributed by atoms with Crippen LogP contribution in [0.25, 0.3) is 0 Å². The lowest BCUT2D eigenvalue weighted by atomic mass is 10.3. The lowest BCUT2D eigenvalue weighted by Crippen LogP contribution is -2.38. The van der Waals surface area contributed by atoms with Gasteiger partial charge in [-0.3, -0.25) is 9.69 Å². The predicted octanol–water partition coefficient (Wildman–Crippen LogP) is 2.48. The van der Waals surface area contributed by atoms with Crippen LogP contribution in [0, 0.1) is 0 Å². The van der Waals surface area contributed by atoms with Gasteiger partial charge in [0.15, 0.2) is 0 Å². The van der Waals surface area contributed by atoms with Crippen LogP contribution in [0.1, 0.15) is 10.6 Å². The molecule has 3 heterocycles. The van der Waals surface area contributed by atoms with E-state index in [-0.39, 0.29) is 11.7 Å². The number of pyridine rings is 1. The molecule has 92 valence electrons. The first-order valence-electron chi connectivity index (χ1n) is 5.40. The largest absolute Gasteiger partial charge is 0.474 e. The Bertz CT molecular complexity index is 597. The molecule has 0 bridgehead atoms. The molecule has 0 fully saturated rings. The maximum atomic E-state index is 12.4. The van der Waals surface area contributed by atoms with Gasteiger partial charge in [0, 0.05) is 6.20 Å². The van der Waals surface area contributed by atoms with Gasteiger partial charge in [0.25, 0.3) is 5.91 Å². The van der Waals surface area contributed by atoms with Crippen molar-refractivity contribution in [1.82, 2.24) is 4.98 Å². The molecule has 3 rings (SSSR count). The maximum Gasteiger partial charge on any atom is 0.295 e. The Morgan fingerprint density at radius 3 is 3.11 bits per heavy atom. The fourth-order valence-electron chi connectivity index (χ4n) is 1.83. The molecule has 0 aliphatic carbocycles. The molecule has 0 saturated carbocycles. The van der Waals surface area contributed by atoms with Crippen molar-refractivity contribution in [3.05, 3.63) is 40.9 Å². The normalized spacial score (nSPS) is 13.9. The Labute approximate surface area is 111 Å². The summed E-state index contributed by atoms with van der Waals surface area (Å²) in [5, 5.41) is 0. The molecule has 0 radical (unpaired) electrons. The van der Waals surface area contributed by atoms with E-state index in [1.165, 1.54) is 6.26 Å². The van der Waals surface area contributed by atoms with E-state index >= 15 is 0 Å². The van der Waals surface area contributed by atoms with E-state index in [9.17, 15) is 4.79 Å². The van der Waals surface area contributed by atoms with Crippen molar-refractivity contribution in [2.45, 2.75) is 0 Å². The number of anilines is 1. The molecule has 2 aromatic rings. The summed E-state index contributed by atoms with van der Waals surface area (Å²) in [6, 6.07) is 5.26. The van der Waals surface area contributed by atoms with Crippen molar-refractivity contribution in [3.63, 3.8) is 0 Å². The monoisotopic (exact) mass is 308 g/mol. The standard InChI is InChI=1S/C12H9BrN2O3/c13-8-3-6-17-10(8)12(16)15-5-7-18-11-9(15)2-1-4-14-11/h1-4,6H,5,7H2. The lowest BCUT2D eigenvalue weighted by molar-refractivity contribution is 0.0948. The van der Waals surface area contributed by atoms with Crippen molar-refractivity contribution in [2.75, 3.05) is 18.1 Å². The number of aromatic nitrogens is 1. The van der Waals surface area contributed by atoms with Gasteiger partial charge < -0.3 is 9.15 Å². The van der Waals surface area contributed by atoms with E-state index in [1.807, 2.05) is 0 Å². The molecule has 0 saturated heterocycles. The molecule has 0 atom stereocenters. The second-order valence-corrected chi connectivity index (χ2v) is 4.58. The van der Waals surface area contributed by atoms with E-state index in [4.69, 9.17) is 9.15 Å². The van der Waals surface area contributed by atoms with Crippen molar-refractivity contribution in [2.24, 2.45) is 0 Å². The Hall–Kier alpha value is -1.82. The fourth-order valence-corrected chi connectivity index (χ4v) is 2.20. The number of hydrogen-bond acceptors (Lipinski definition) is 4. The van der Waals surface area contributed by atoms with E-state index in [0.29, 0.717) is 29.2 Å². The predicted molar refractivity (Wildman–Crippen MR) is 67.8 cm³/mol. The minimum atomic E-state index is -0.204. The molecule has 1 aliphatic heterocycles. The summed E-state index contributed by atoms with van der Waals surface area (Å²) in [5.41, 5.74) is 0.664. The van der Waals surface area contributed by atoms with Crippen LogP contribution in [-0.2, 0) is 0 Å². The quantitative estimate of drug-likeness (QED) is 0.812. The topological polar surface area (TPSA) is 55.6 Å². The molecule has 0 spiro atoms. The second-order valence-electron chi connectivity index (χ2n) is 3.73. The SMILES string of the molecule is O=C(c1occc1Br)N1CCOc2ncccc21. The van der Waals surface area contributed by atoms with Crippen LogP contribution in [0.5, 0.6) is 5.88 Å². The van der Waals surface area contributed by atoms with Gasteiger partial charge in [-0.2, -0.15) is 0 Å². The van der Waals surface area contributed by atoms with Crippen LogP contribution in [0.2, 0.25) is 0 Å². The summed E-state index contributed by atoms with van der Waals surface area (Å²) in [7, 11) is 0. The number of carbonyl (C=O) groups is 1. The average molecular weight is 309 g/mol. The number of amides is 1. The van der Waals surface area contributed by atoms with Gasteiger partial charge in [-0.05, 0) is 34.1 Å². The Balaban J connectivity index is 2.00. The number of fused-ring (bicyclic) bond motifs is 1. The van der Waals surface area contributed by atoms with Gasteiger partial charge in [-0.15, -0.1) is 0 Å². The molecule has 0 aromatic carbocycles. The van der Waals surface area contributed by atoms with Crippen molar-refractivity contribution >= 4 is 27.5 Å². The van der Waals surface area contributed by atoms with Crippen molar-refractivity contribution < 1.29 is 13.9 Å². The van der Waals surface area contributed by atoms with Gasteiger partial charge in [-0.25, -0.2) is 4.98 Å². The highest BCUT2D eigenvalue weighted by Gasteiger charge is 2.28. The van der Waals surface area contributed by atoms with E-state index in [0.717, 1.165) is 0 Å². The summed E-state index contributed by atoms with van der Waals surface area (Å²) in [5.74, 6) is 0.552. The van der Waals surface area contributed by atoms with Gasteiger partial charge >= 0.3 is 0 Å². The number of carbonyl (C=O) groups excluding carboxylic acids is 1. The highest BCUT2D eigenvalue weighted by Crippen LogP contribution is 2.31. The number of nitrogens with zero attached hydrogens (tertiary/aromatic N) is 2. The van der Waals surface area contributed by atoms with Crippen LogP contribution in [0.3, 0.4) is 0 Å². The Kier molecular flexibility index (Phi) is 2.79. The molecule has 0 N–H and O–H groups in total. The molecule has 0 unspecified atom stereocenters. The fraction of sp³-hybridized carbons (Fsp3) is 0.167. The number of hydrogen-bond donors (Lipinski definition) is 0. The summed E-state index contributed by atoms with van der Waals surface area (Å²) in [6.07, 6.45) is 3.11. The number of rotatable bonds is 1. The zero-order chi connectivity index (χ0) is 12.5. The first kappa shape index (κ1) is 11.3. The molecule has 18 heavy (non-hydrogen) atoms. The van der Waals surface area contributed by atoms with Crippen LogP contribution in [0.15, 0.2) is 39.5 Å². The smallest absolute Gasteiger partial charge is 0.295 e. The minimum Gasteiger partial charge on any atom is -0.474 e. The highest BCUT2D eigenvalue weighted by atomic mass is 79.9. The minimum absolute atomic E-state index is 0.204. The zero-order valence-corrected chi connectivity index (χ0v) is 10.9. The Morgan fingerprint density at radius 2 is 2.33 bits per heavy atom. The third-order valence-electron chi connectivity index (χ3n) is 2.65. The summed E-state index contributed by atoms with van der Waals surface area (Å²) >= 11 is 3.29. The van der Waals surface area contributed by atoms with Crippen molar-refractivity contribution in [1.29, 1.82) is 0 Å². The number of furan rings is 1. The highest BCUT2D eigenvalue weighted by molar-refractivity contribution is 9.10. The summed E-state index contributed by atoms with van der Waals surface area (Å²) in [6.45, 7) is 0.902. The Morgan fingerprint density at radius 1 is 1.44 bits per heavy atom. The average Bonchev–Trinajstić information content (AvgIpc) is 2.83. The third-order valence-corrected chi connectivity index (χ3v) is 3.28. The first-order chi connectivity index (χ1) is 8.77. The van der Waals surface area contributed by atoms with Gasteiger partial charge in [-0.1, -0.05) is 0 Å². The summed E-state index contributed by atoms with van der Waals surface area (Å²) < 4.78 is 11.2. The van der Waals surface area contributed by atoms with Crippen LogP contribution in [-0.4, -0.2) is 24.0 Å². The molecular formula is C12H9BrN2O3.